The van der Waals surface area contributed by atoms with E-state index in [0.717, 1.165) is 18.5 Å². The maximum absolute atomic E-state index is 12.4. The van der Waals surface area contributed by atoms with E-state index in [9.17, 15) is 9.59 Å². The third-order valence-electron chi connectivity index (χ3n) is 3.30. The number of hydrogen-bond donors (Lipinski definition) is 1. The Morgan fingerprint density at radius 1 is 1.45 bits per heavy atom. The van der Waals surface area contributed by atoms with Crippen molar-refractivity contribution in [1.29, 1.82) is 0 Å². The largest absolute Gasteiger partial charge is 0.480 e. The normalized spacial score (nSPS) is 15.2. The van der Waals surface area contributed by atoms with Gasteiger partial charge in [-0.15, -0.1) is 0 Å². The van der Waals surface area contributed by atoms with E-state index >= 15 is 0 Å². The molecule has 1 fully saturated rings. The highest BCUT2D eigenvalue weighted by Crippen LogP contribution is 2.28. The maximum atomic E-state index is 12.4. The zero-order chi connectivity index (χ0) is 15.1. The summed E-state index contributed by atoms with van der Waals surface area (Å²) in [6.45, 7) is 7.67. The Labute approximate surface area is 118 Å². The molecule has 0 atom stereocenters. The van der Waals surface area contributed by atoms with Gasteiger partial charge in [-0.05, 0) is 46.6 Å². The summed E-state index contributed by atoms with van der Waals surface area (Å²) in [6, 6.07) is 1.78. The van der Waals surface area contributed by atoms with E-state index in [4.69, 9.17) is 5.11 Å². The number of carboxylic acid groups (broad SMARTS) is 1. The van der Waals surface area contributed by atoms with Crippen molar-refractivity contribution >= 4 is 11.9 Å². The molecule has 0 aliphatic heterocycles. The van der Waals surface area contributed by atoms with Gasteiger partial charge >= 0.3 is 5.97 Å². The molecule has 0 saturated heterocycles. The number of carbonyl (C=O) groups is 2. The number of amides is 1. The van der Waals surface area contributed by atoms with Gasteiger partial charge in [0.2, 0.25) is 0 Å². The number of carbonyl (C=O) groups excluding carboxylic acids is 1. The zero-order valence-electron chi connectivity index (χ0n) is 12.4. The Morgan fingerprint density at radius 2 is 2.05 bits per heavy atom. The lowest BCUT2D eigenvalue weighted by Gasteiger charge is -2.21. The first-order chi connectivity index (χ1) is 9.20. The topological polar surface area (TPSA) is 75.4 Å². The second-order valence-electron chi connectivity index (χ2n) is 6.31. The minimum absolute atomic E-state index is 0.0543. The van der Waals surface area contributed by atoms with Crippen LogP contribution < -0.4 is 0 Å². The number of hydrogen-bond acceptors (Lipinski definition) is 3. The quantitative estimate of drug-likeness (QED) is 0.909. The molecule has 0 radical (unpaired) electrons. The molecule has 0 aromatic carbocycles. The highest BCUT2D eigenvalue weighted by atomic mass is 16.4. The molecule has 110 valence electrons. The Hall–Kier alpha value is -1.85. The number of aromatic nitrogens is 2. The molecule has 2 rings (SSSR count). The second-order valence-corrected chi connectivity index (χ2v) is 6.31. The van der Waals surface area contributed by atoms with Crippen molar-refractivity contribution in [3.63, 3.8) is 0 Å². The molecule has 0 unspecified atom stereocenters. The van der Waals surface area contributed by atoms with Crippen LogP contribution in [0, 0.1) is 6.92 Å². The summed E-state index contributed by atoms with van der Waals surface area (Å²) in [5.74, 6) is -1.28. The average molecular weight is 279 g/mol. The predicted molar refractivity (Wildman–Crippen MR) is 73.7 cm³/mol. The van der Waals surface area contributed by atoms with E-state index in [1.807, 2.05) is 27.7 Å². The molecule has 1 aromatic rings. The van der Waals surface area contributed by atoms with E-state index < -0.39 is 5.97 Å². The van der Waals surface area contributed by atoms with Crippen LogP contribution in [0.5, 0.6) is 0 Å². The van der Waals surface area contributed by atoms with Crippen LogP contribution in [0.3, 0.4) is 0 Å². The molecule has 0 spiro atoms. The highest BCUT2D eigenvalue weighted by Gasteiger charge is 2.35. The second kappa shape index (κ2) is 4.92. The van der Waals surface area contributed by atoms with Crippen molar-refractivity contribution < 1.29 is 14.7 Å². The van der Waals surface area contributed by atoms with E-state index in [1.54, 1.807) is 10.7 Å². The van der Waals surface area contributed by atoms with Crippen molar-refractivity contribution in [1.82, 2.24) is 14.7 Å². The Morgan fingerprint density at radius 3 is 2.45 bits per heavy atom. The summed E-state index contributed by atoms with van der Waals surface area (Å²) in [7, 11) is 0. The summed E-state index contributed by atoms with van der Waals surface area (Å²) in [5, 5.41) is 13.3. The molecular formula is C14H21N3O3. The molecule has 6 nitrogen and oxygen atoms in total. The van der Waals surface area contributed by atoms with E-state index in [2.05, 4.69) is 5.10 Å². The molecule has 1 saturated carbocycles. The molecule has 1 amide bonds. The van der Waals surface area contributed by atoms with Gasteiger partial charge < -0.3 is 10.0 Å². The van der Waals surface area contributed by atoms with Gasteiger partial charge in [-0.2, -0.15) is 5.10 Å². The standard InChI is InChI=1S/C14H21N3O3/c1-9-7-11(15-17(9)14(2,3)4)13(20)16(8-12(18)19)10-5-6-10/h7,10H,5-6,8H2,1-4H3,(H,18,19). The van der Waals surface area contributed by atoms with E-state index in [-0.39, 0.29) is 24.0 Å². The van der Waals surface area contributed by atoms with Crippen LogP contribution in [0.15, 0.2) is 6.07 Å². The monoisotopic (exact) mass is 279 g/mol. The van der Waals surface area contributed by atoms with Crippen LogP contribution in [0.1, 0.15) is 49.8 Å². The van der Waals surface area contributed by atoms with Gasteiger partial charge in [0.15, 0.2) is 5.69 Å². The van der Waals surface area contributed by atoms with Gasteiger partial charge in [-0.1, -0.05) is 0 Å². The van der Waals surface area contributed by atoms with Crippen LogP contribution in [0.2, 0.25) is 0 Å². The Bertz CT molecular complexity index is 538. The summed E-state index contributed by atoms with van der Waals surface area (Å²) < 4.78 is 1.80. The fourth-order valence-corrected chi connectivity index (χ4v) is 2.30. The van der Waals surface area contributed by atoms with Gasteiger partial charge in [-0.25, -0.2) is 0 Å². The van der Waals surface area contributed by atoms with Crippen LogP contribution in [0.4, 0.5) is 0 Å². The van der Waals surface area contributed by atoms with Gasteiger partial charge in [0, 0.05) is 11.7 Å². The first kappa shape index (κ1) is 14.6. The fourth-order valence-electron chi connectivity index (χ4n) is 2.30. The molecule has 1 aromatic heterocycles. The highest BCUT2D eigenvalue weighted by molar-refractivity contribution is 5.94. The number of aliphatic carboxylic acids is 1. The Kier molecular flexibility index (Phi) is 3.58. The fraction of sp³-hybridized carbons (Fsp3) is 0.643. The SMILES string of the molecule is Cc1cc(C(=O)N(CC(=O)O)C2CC2)nn1C(C)(C)C. The first-order valence-electron chi connectivity index (χ1n) is 6.80. The zero-order valence-corrected chi connectivity index (χ0v) is 12.4. The van der Waals surface area contributed by atoms with Gasteiger partial charge in [0.1, 0.15) is 6.54 Å². The van der Waals surface area contributed by atoms with Crippen molar-refractivity contribution in [3.8, 4) is 0 Å². The number of carboxylic acids is 1. The molecule has 6 heteroatoms. The summed E-state index contributed by atoms with van der Waals surface area (Å²) in [6.07, 6.45) is 1.75. The van der Waals surface area contributed by atoms with Crippen LogP contribution in [0.25, 0.3) is 0 Å². The van der Waals surface area contributed by atoms with Crippen molar-refractivity contribution in [2.24, 2.45) is 0 Å². The molecule has 1 aliphatic carbocycles. The minimum atomic E-state index is -0.989. The molecule has 0 bridgehead atoms. The van der Waals surface area contributed by atoms with Crippen LogP contribution in [-0.2, 0) is 10.3 Å². The summed E-state index contributed by atoms with van der Waals surface area (Å²) >= 11 is 0. The van der Waals surface area contributed by atoms with Crippen molar-refractivity contribution in [2.45, 2.75) is 52.1 Å². The predicted octanol–water partition coefficient (Wildman–Crippen LogP) is 1.64. The maximum Gasteiger partial charge on any atom is 0.323 e. The van der Waals surface area contributed by atoms with Crippen molar-refractivity contribution in [2.75, 3.05) is 6.54 Å². The van der Waals surface area contributed by atoms with Crippen molar-refractivity contribution in [3.05, 3.63) is 17.5 Å². The molecule has 1 aliphatic rings. The third kappa shape index (κ3) is 3.00. The number of nitrogens with zero attached hydrogens (tertiary/aromatic N) is 3. The third-order valence-corrected chi connectivity index (χ3v) is 3.30. The van der Waals surface area contributed by atoms with Gasteiger partial charge in [0.25, 0.3) is 5.91 Å². The smallest absolute Gasteiger partial charge is 0.323 e. The van der Waals surface area contributed by atoms with Crippen LogP contribution in [-0.4, -0.2) is 44.3 Å². The summed E-state index contributed by atoms with van der Waals surface area (Å²) in [4.78, 5) is 24.7. The lowest BCUT2D eigenvalue weighted by molar-refractivity contribution is -0.137. The minimum Gasteiger partial charge on any atom is -0.480 e. The lowest BCUT2D eigenvalue weighted by Crippen LogP contribution is -2.38. The summed E-state index contributed by atoms with van der Waals surface area (Å²) in [5.41, 5.74) is 1.01. The number of aryl methyl sites for hydroxylation is 1. The average Bonchev–Trinajstić information content (AvgIpc) is 3.06. The molecule has 1 N–H and O–H groups in total. The first-order valence-corrected chi connectivity index (χ1v) is 6.80. The molecule has 1 heterocycles. The number of rotatable bonds is 4. The lowest BCUT2D eigenvalue weighted by atomic mass is 10.1. The Balaban J connectivity index is 2.26. The van der Waals surface area contributed by atoms with Gasteiger partial charge in [-0.3, -0.25) is 14.3 Å². The van der Waals surface area contributed by atoms with Gasteiger partial charge in [0.05, 0.1) is 5.54 Å². The van der Waals surface area contributed by atoms with E-state index in [0.29, 0.717) is 5.69 Å². The molecule has 20 heavy (non-hydrogen) atoms. The van der Waals surface area contributed by atoms with E-state index in [1.165, 1.54) is 4.90 Å². The molecular weight excluding hydrogens is 258 g/mol. The van der Waals surface area contributed by atoms with Crippen LogP contribution >= 0.6 is 0 Å².